The number of rotatable bonds is 2. The molecule has 0 spiro atoms. The van der Waals surface area contributed by atoms with Crippen LogP contribution in [0.1, 0.15) is 11.3 Å². The topological polar surface area (TPSA) is 22.1 Å². The highest BCUT2D eigenvalue weighted by atomic mass is 35.5. The van der Waals surface area contributed by atoms with Crippen LogP contribution in [-0.2, 0) is 12.4 Å². The van der Waals surface area contributed by atoms with E-state index in [-0.39, 0.29) is 26.9 Å². The normalized spacial score (nSPS) is 12.4. The van der Waals surface area contributed by atoms with Crippen LogP contribution in [0.15, 0.2) is 42.5 Å². The lowest BCUT2D eigenvalue weighted by Gasteiger charge is -2.14. The first-order chi connectivity index (χ1) is 12.4. The van der Waals surface area contributed by atoms with Gasteiger partial charge in [0.25, 0.3) is 0 Å². The summed E-state index contributed by atoms with van der Waals surface area (Å²) >= 11 is 11.6. The lowest BCUT2D eigenvalue weighted by atomic mass is 10.1. The first kappa shape index (κ1) is 19.6. The molecule has 0 saturated carbocycles. The molecule has 0 aliphatic carbocycles. The van der Waals surface area contributed by atoms with Crippen molar-refractivity contribution in [3.8, 4) is 11.5 Å². The molecule has 0 saturated heterocycles. The quantitative estimate of drug-likeness (QED) is 0.399. The Bertz CT molecular complexity index is 1010. The van der Waals surface area contributed by atoms with E-state index in [9.17, 15) is 26.3 Å². The van der Waals surface area contributed by atoms with Gasteiger partial charge in [-0.25, -0.2) is 4.98 Å². The molecule has 27 heavy (non-hydrogen) atoms. The molecule has 0 radical (unpaired) electrons. The molecule has 0 N–H and O–H groups in total. The summed E-state index contributed by atoms with van der Waals surface area (Å²) in [6.07, 6.45) is -9.60. The van der Waals surface area contributed by atoms with Crippen LogP contribution in [0, 0.1) is 0 Å². The molecule has 0 fully saturated rings. The Hall–Kier alpha value is -2.19. The molecule has 0 unspecified atom stereocenters. The maximum atomic E-state index is 13.1. The second-order valence-corrected chi connectivity index (χ2v) is 6.23. The van der Waals surface area contributed by atoms with Crippen molar-refractivity contribution < 1.29 is 31.1 Å². The molecule has 10 heteroatoms. The number of halogens is 8. The standard InChI is InChI=1S/C17H7Cl2F6NO/c18-11-4-2-9(6-12(11)19)27-14-7-15(17(23,24)25)26-13-5-8(16(20,21)22)1-3-10(13)14/h1-7H. The van der Waals surface area contributed by atoms with Gasteiger partial charge in [0.2, 0.25) is 0 Å². The van der Waals surface area contributed by atoms with Crippen molar-refractivity contribution in [3.05, 3.63) is 63.8 Å². The van der Waals surface area contributed by atoms with E-state index in [1.165, 1.54) is 18.2 Å². The van der Waals surface area contributed by atoms with Crippen LogP contribution in [0.4, 0.5) is 26.3 Å². The summed E-state index contributed by atoms with van der Waals surface area (Å²) < 4.78 is 83.4. The van der Waals surface area contributed by atoms with Gasteiger partial charge in [-0.05, 0) is 30.3 Å². The van der Waals surface area contributed by atoms with Gasteiger partial charge in [-0.3, -0.25) is 0 Å². The third-order valence-corrected chi connectivity index (χ3v) is 4.25. The number of pyridine rings is 1. The monoisotopic (exact) mass is 425 g/mol. The minimum atomic E-state index is -4.88. The van der Waals surface area contributed by atoms with Crippen molar-refractivity contribution in [2.75, 3.05) is 0 Å². The molecule has 0 bridgehead atoms. The van der Waals surface area contributed by atoms with Crippen molar-refractivity contribution in [1.29, 1.82) is 0 Å². The average Bonchev–Trinajstić information content (AvgIpc) is 2.56. The Kier molecular flexibility index (Phi) is 4.90. The molecular weight excluding hydrogens is 419 g/mol. The van der Waals surface area contributed by atoms with E-state index in [1.54, 1.807) is 0 Å². The van der Waals surface area contributed by atoms with E-state index in [0.717, 1.165) is 12.1 Å². The number of aromatic nitrogens is 1. The first-order valence-electron chi connectivity index (χ1n) is 7.17. The van der Waals surface area contributed by atoms with E-state index < -0.39 is 29.1 Å². The van der Waals surface area contributed by atoms with Gasteiger partial charge >= 0.3 is 12.4 Å². The number of benzene rings is 2. The maximum absolute atomic E-state index is 13.1. The average molecular weight is 426 g/mol. The summed E-state index contributed by atoms with van der Waals surface area (Å²) in [6.45, 7) is 0. The van der Waals surface area contributed by atoms with Crippen molar-refractivity contribution >= 4 is 34.1 Å². The molecule has 3 aromatic rings. The van der Waals surface area contributed by atoms with Gasteiger partial charge in [0.1, 0.15) is 17.2 Å². The van der Waals surface area contributed by atoms with Gasteiger partial charge in [0.15, 0.2) is 0 Å². The first-order valence-corrected chi connectivity index (χ1v) is 7.93. The van der Waals surface area contributed by atoms with Crippen LogP contribution in [0.25, 0.3) is 10.9 Å². The largest absolute Gasteiger partial charge is 0.457 e. The van der Waals surface area contributed by atoms with E-state index in [2.05, 4.69) is 4.98 Å². The van der Waals surface area contributed by atoms with E-state index in [4.69, 9.17) is 27.9 Å². The predicted octanol–water partition coefficient (Wildman–Crippen LogP) is 7.37. The molecular formula is C17H7Cl2F6NO. The minimum absolute atomic E-state index is 0.0259. The molecule has 1 aromatic heterocycles. The molecule has 2 aromatic carbocycles. The molecule has 1 heterocycles. The molecule has 142 valence electrons. The highest BCUT2D eigenvalue weighted by Crippen LogP contribution is 2.39. The highest BCUT2D eigenvalue weighted by Gasteiger charge is 2.35. The van der Waals surface area contributed by atoms with E-state index >= 15 is 0 Å². The second-order valence-electron chi connectivity index (χ2n) is 5.41. The van der Waals surface area contributed by atoms with Crippen LogP contribution in [0.2, 0.25) is 10.0 Å². The summed E-state index contributed by atoms with van der Waals surface area (Å²) in [5.41, 5.74) is -3.01. The van der Waals surface area contributed by atoms with Gasteiger partial charge < -0.3 is 4.74 Å². The van der Waals surface area contributed by atoms with E-state index in [1.807, 2.05) is 0 Å². The number of hydrogen-bond acceptors (Lipinski definition) is 2. The summed E-state index contributed by atoms with van der Waals surface area (Å²) in [7, 11) is 0. The van der Waals surface area contributed by atoms with Crippen molar-refractivity contribution in [3.63, 3.8) is 0 Å². The molecule has 0 aliphatic rings. The van der Waals surface area contributed by atoms with Crippen LogP contribution in [0.3, 0.4) is 0 Å². The Morgan fingerprint density at radius 2 is 1.48 bits per heavy atom. The smallest absolute Gasteiger partial charge is 0.433 e. The van der Waals surface area contributed by atoms with Gasteiger partial charge in [-0.2, -0.15) is 26.3 Å². The van der Waals surface area contributed by atoms with Crippen LogP contribution >= 0.6 is 23.2 Å². The maximum Gasteiger partial charge on any atom is 0.433 e. The Morgan fingerprint density at radius 1 is 0.778 bits per heavy atom. The number of hydrogen-bond donors (Lipinski definition) is 0. The fraction of sp³-hybridized carbons (Fsp3) is 0.118. The number of ether oxygens (including phenoxy) is 1. The molecule has 2 nitrogen and oxygen atoms in total. The second kappa shape index (κ2) is 6.76. The Labute approximate surface area is 158 Å². The van der Waals surface area contributed by atoms with Gasteiger partial charge in [-0.1, -0.05) is 23.2 Å². The zero-order valence-corrected chi connectivity index (χ0v) is 14.4. The van der Waals surface area contributed by atoms with E-state index in [0.29, 0.717) is 12.1 Å². The van der Waals surface area contributed by atoms with Crippen LogP contribution in [-0.4, -0.2) is 4.98 Å². The van der Waals surface area contributed by atoms with Gasteiger partial charge in [0.05, 0.1) is 21.1 Å². The molecule has 0 atom stereocenters. The zero-order valence-electron chi connectivity index (χ0n) is 12.9. The van der Waals surface area contributed by atoms with Crippen molar-refractivity contribution in [1.82, 2.24) is 4.98 Å². The lowest BCUT2D eigenvalue weighted by Crippen LogP contribution is -2.09. The van der Waals surface area contributed by atoms with Gasteiger partial charge in [-0.15, -0.1) is 0 Å². The zero-order chi connectivity index (χ0) is 20.0. The van der Waals surface area contributed by atoms with Crippen LogP contribution < -0.4 is 4.74 Å². The Balaban J connectivity index is 2.18. The number of alkyl halides is 6. The number of fused-ring (bicyclic) bond motifs is 1. The van der Waals surface area contributed by atoms with Crippen molar-refractivity contribution in [2.24, 2.45) is 0 Å². The fourth-order valence-corrected chi connectivity index (χ4v) is 2.56. The summed E-state index contributed by atoms with van der Waals surface area (Å²) in [5, 5.41) is 0.277. The molecule has 0 amide bonds. The fourth-order valence-electron chi connectivity index (χ4n) is 2.27. The summed E-state index contributed by atoms with van der Waals surface area (Å²) in [5.74, 6) is -0.260. The SMILES string of the molecule is FC(F)(F)c1ccc2c(Oc3ccc(Cl)c(Cl)c3)cc(C(F)(F)F)nc2c1. The minimum Gasteiger partial charge on any atom is -0.457 e. The van der Waals surface area contributed by atoms with Gasteiger partial charge in [0, 0.05) is 17.5 Å². The molecule has 3 rings (SSSR count). The third kappa shape index (κ3) is 4.22. The third-order valence-electron chi connectivity index (χ3n) is 3.51. The summed E-state index contributed by atoms with van der Waals surface area (Å²) in [4.78, 5) is 3.30. The number of nitrogens with zero attached hydrogens (tertiary/aromatic N) is 1. The lowest BCUT2D eigenvalue weighted by molar-refractivity contribution is -0.141. The Morgan fingerprint density at radius 3 is 2.07 bits per heavy atom. The van der Waals surface area contributed by atoms with Crippen LogP contribution in [0.5, 0.6) is 11.5 Å². The molecule has 0 aliphatic heterocycles. The predicted molar refractivity (Wildman–Crippen MR) is 88.3 cm³/mol. The highest BCUT2D eigenvalue weighted by molar-refractivity contribution is 6.42. The van der Waals surface area contributed by atoms with Crippen molar-refractivity contribution in [2.45, 2.75) is 12.4 Å². The summed E-state index contributed by atoms with van der Waals surface area (Å²) in [6, 6.07) is 6.88.